The number of hydrogen-bond donors (Lipinski definition) is 0. The van der Waals surface area contributed by atoms with Crippen molar-refractivity contribution in [2.75, 3.05) is 13.7 Å². The summed E-state index contributed by atoms with van der Waals surface area (Å²) in [6, 6.07) is 5.69. The zero-order valence-corrected chi connectivity index (χ0v) is 16.7. The molecule has 0 spiro atoms. The topological polar surface area (TPSA) is 92.0 Å². The van der Waals surface area contributed by atoms with E-state index in [-0.39, 0.29) is 5.97 Å². The highest BCUT2D eigenvalue weighted by Gasteiger charge is 2.19. The normalized spacial score (nSPS) is 11.0. The first-order valence-corrected chi connectivity index (χ1v) is 9.28. The number of benzene rings is 1. The zero-order chi connectivity index (χ0) is 19.6. The maximum absolute atomic E-state index is 11.9. The molecule has 27 heavy (non-hydrogen) atoms. The number of tetrazole rings is 1. The Labute approximate surface area is 161 Å². The average Bonchev–Trinajstić information content (AvgIpc) is 3.25. The molecule has 1 aromatic carbocycles. The highest BCUT2D eigenvalue weighted by atomic mass is 32.1. The molecule has 0 saturated heterocycles. The highest BCUT2D eigenvalue weighted by molar-refractivity contribution is 7.17. The summed E-state index contributed by atoms with van der Waals surface area (Å²) in [6.45, 7) is 6.54. The molecule has 0 radical (unpaired) electrons. The molecule has 0 amide bonds. The van der Waals surface area contributed by atoms with Gasteiger partial charge in [-0.15, -0.1) is 21.5 Å². The Kier molecular flexibility index (Phi) is 5.50. The Morgan fingerprint density at radius 2 is 2.11 bits per heavy atom. The third-order valence-corrected chi connectivity index (χ3v) is 4.90. The van der Waals surface area contributed by atoms with Crippen LogP contribution in [0.1, 0.15) is 29.2 Å². The van der Waals surface area contributed by atoms with Gasteiger partial charge in [0.15, 0.2) is 0 Å². The van der Waals surface area contributed by atoms with Crippen molar-refractivity contribution in [3.63, 3.8) is 0 Å². The molecule has 3 aromatic rings. The van der Waals surface area contributed by atoms with Crippen LogP contribution in [0.5, 0.6) is 5.75 Å². The Morgan fingerprint density at radius 3 is 2.74 bits per heavy atom. The zero-order valence-electron chi connectivity index (χ0n) is 15.9. The van der Waals surface area contributed by atoms with E-state index in [2.05, 4.69) is 34.2 Å². The van der Waals surface area contributed by atoms with Crippen LogP contribution >= 0.6 is 11.3 Å². The van der Waals surface area contributed by atoms with Crippen molar-refractivity contribution in [1.82, 2.24) is 25.2 Å². The van der Waals surface area contributed by atoms with Crippen molar-refractivity contribution in [3.8, 4) is 27.7 Å². The number of nitrogens with zero attached hydrogens (tertiary/aromatic N) is 5. The van der Waals surface area contributed by atoms with E-state index in [9.17, 15) is 4.79 Å². The van der Waals surface area contributed by atoms with E-state index in [1.165, 1.54) is 23.2 Å². The second kappa shape index (κ2) is 7.83. The first-order valence-electron chi connectivity index (χ1n) is 8.46. The summed E-state index contributed by atoms with van der Waals surface area (Å²) in [5, 5.41) is 13.0. The fourth-order valence-electron chi connectivity index (χ4n) is 2.41. The van der Waals surface area contributed by atoms with E-state index in [1.54, 1.807) is 14.0 Å². The van der Waals surface area contributed by atoms with Gasteiger partial charge in [0, 0.05) is 5.56 Å². The Morgan fingerprint density at radius 1 is 1.33 bits per heavy atom. The largest absolute Gasteiger partial charge is 0.493 e. The molecule has 2 heterocycles. The van der Waals surface area contributed by atoms with Crippen molar-refractivity contribution in [1.29, 1.82) is 0 Å². The molecule has 9 heteroatoms. The fourth-order valence-corrected chi connectivity index (χ4v) is 3.39. The third kappa shape index (κ3) is 4.13. The molecule has 0 N–H and O–H groups in total. The van der Waals surface area contributed by atoms with Crippen LogP contribution in [-0.4, -0.2) is 44.9 Å². The third-order valence-electron chi connectivity index (χ3n) is 3.72. The smallest absolute Gasteiger partial charge is 0.349 e. The van der Waals surface area contributed by atoms with Gasteiger partial charge in [-0.2, -0.15) is 4.80 Å². The molecule has 0 unspecified atom stereocenters. The van der Waals surface area contributed by atoms with Crippen LogP contribution < -0.4 is 4.74 Å². The molecule has 0 saturated carbocycles. The van der Waals surface area contributed by atoms with Gasteiger partial charge in [0.2, 0.25) is 5.82 Å². The van der Waals surface area contributed by atoms with E-state index >= 15 is 0 Å². The van der Waals surface area contributed by atoms with Gasteiger partial charge in [-0.3, -0.25) is 0 Å². The molecule has 0 aliphatic heterocycles. The number of thiazole rings is 1. The van der Waals surface area contributed by atoms with Crippen molar-refractivity contribution in [2.45, 2.75) is 20.8 Å². The van der Waals surface area contributed by atoms with Crippen molar-refractivity contribution in [3.05, 3.63) is 28.8 Å². The molecule has 2 aromatic heterocycles. The number of ether oxygens (including phenoxy) is 2. The molecular weight excluding hydrogens is 366 g/mol. The molecule has 3 rings (SSSR count). The Balaban J connectivity index is 2.04. The van der Waals surface area contributed by atoms with E-state index in [4.69, 9.17) is 9.47 Å². The minimum atomic E-state index is -0.385. The lowest BCUT2D eigenvalue weighted by Gasteiger charge is -2.12. The standard InChI is InChI=1S/C18H21N5O3S/c1-10(2)9-26-14-7-6-12(8-13(14)16-20-22-23(4)21-16)17-19-11(3)15(27-17)18(24)25-5/h6-8,10H,9H2,1-5H3. The quantitative estimate of drug-likeness (QED) is 0.600. The lowest BCUT2D eigenvalue weighted by atomic mass is 10.1. The van der Waals surface area contributed by atoms with Gasteiger partial charge in [-0.25, -0.2) is 9.78 Å². The van der Waals surface area contributed by atoms with Gasteiger partial charge in [0.25, 0.3) is 0 Å². The van der Waals surface area contributed by atoms with Gasteiger partial charge in [0.1, 0.15) is 15.6 Å². The summed E-state index contributed by atoms with van der Waals surface area (Å²) in [7, 11) is 3.07. The molecule has 0 atom stereocenters. The van der Waals surface area contributed by atoms with Crippen molar-refractivity contribution in [2.24, 2.45) is 13.0 Å². The summed E-state index contributed by atoms with van der Waals surface area (Å²) in [5.41, 5.74) is 2.22. The van der Waals surface area contributed by atoms with Gasteiger partial charge in [-0.1, -0.05) is 13.8 Å². The first kappa shape index (κ1) is 19.0. The second-order valence-electron chi connectivity index (χ2n) is 6.44. The maximum atomic E-state index is 11.9. The van der Waals surface area contributed by atoms with E-state index in [0.717, 1.165) is 11.1 Å². The van der Waals surface area contributed by atoms with Crippen LogP contribution in [0.15, 0.2) is 18.2 Å². The predicted molar refractivity (Wildman–Crippen MR) is 102 cm³/mol. The number of rotatable bonds is 6. The lowest BCUT2D eigenvalue weighted by molar-refractivity contribution is 0.0605. The molecule has 142 valence electrons. The summed E-state index contributed by atoms with van der Waals surface area (Å²) in [6.07, 6.45) is 0. The number of hydrogen-bond acceptors (Lipinski definition) is 8. The minimum absolute atomic E-state index is 0.385. The number of carbonyl (C=O) groups is 1. The number of aromatic nitrogens is 5. The van der Waals surface area contributed by atoms with E-state index in [0.29, 0.717) is 39.7 Å². The van der Waals surface area contributed by atoms with Gasteiger partial charge in [0.05, 0.1) is 32.0 Å². The van der Waals surface area contributed by atoms with Gasteiger partial charge >= 0.3 is 5.97 Å². The maximum Gasteiger partial charge on any atom is 0.349 e. The Bertz CT molecular complexity index is 964. The van der Waals surface area contributed by atoms with Crippen molar-refractivity contribution < 1.29 is 14.3 Å². The van der Waals surface area contributed by atoms with Crippen LogP contribution in [0.3, 0.4) is 0 Å². The van der Waals surface area contributed by atoms with Gasteiger partial charge < -0.3 is 9.47 Å². The predicted octanol–water partition coefficient (Wildman–Crippen LogP) is 3.13. The molecule has 0 aliphatic rings. The number of carbonyl (C=O) groups excluding carboxylic acids is 1. The summed E-state index contributed by atoms with van der Waals surface area (Å²) in [4.78, 5) is 18.3. The van der Waals surface area contributed by atoms with E-state index in [1.807, 2.05) is 18.2 Å². The summed E-state index contributed by atoms with van der Waals surface area (Å²) < 4.78 is 10.7. The monoisotopic (exact) mass is 387 g/mol. The van der Waals surface area contributed by atoms with E-state index < -0.39 is 0 Å². The molecule has 0 aliphatic carbocycles. The minimum Gasteiger partial charge on any atom is -0.493 e. The SMILES string of the molecule is COC(=O)c1sc(-c2ccc(OCC(C)C)c(-c3nnn(C)n3)c2)nc1C. The average molecular weight is 387 g/mol. The lowest BCUT2D eigenvalue weighted by Crippen LogP contribution is -2.05. The van der Waals surface area contributed by atoms with Crippen LogP contribution in [0.2, 0.25) is 0 Å². The molecule has 8 nitrogen and oxygen atoms in total. The number of methoxy groups -OCH3 is 1. The van der Waals surface area contributed by atoms with Crippen LogP contribution in [0, 0.1) is 12.8 Å². The molecule has 0 bridgehead atoms. The van der Waals surface area contributed by atoms with Crippen LogP contribution in [0.4, 0.5) is 0 Å². The highest BCUT2D eigenvalue weighted by Crippen LogP contribution is 2.35. The first-order chi connectivity index (χ1) is 12.9. The second-order valence-corrected chi connectivity index (χ2v) is 7.44. The summed E-state index contributed by atoms with van der Waals surface area (Å²) >= 11 is 1.29. The van der Waals surface area contributed by atoms with Crippen LogP contribution in [0.25, 0.3) is 22.0 Å². The van der Waals surface area contributed by atoms with Crippen molar-refractivity contribution >= 4 is 17.3 Å². The molecule has 0 fully saturated rings. The van der Waals surface area contributed by atoms with Crippen LogP contribution in [-0.2, 0) is 11.8 Å². The van der Waals surface area contributed by atoms with Gasteiger partial charge in [-0.05, 0) is 36.3 Å². The fraction of sp³-hybridized carbons (Fsp3) is 0.389. The molecular formula is C18H21N5O3S. The summed E-state index contributed by atoms with van der Waals surface area (Å²) in [5.74, 6) is 1.15. The number of aryl methyl sites for hydroxylation is 2. The Hall–Kier alpha value is -2.81. The number of esters is 1.